The van der Waals surface area contributed by atoms with Crippen molar-refractivity contribution in [3.8, 4) is 0 Å². The molecule has 2 N–H and O–H groups in total. The largest absolute Gasteiger partial charge is 0.354 e. The predicted molar refractivity (Wildman–Crippen MR) is 49.5 cm³/mol. The summed E-state index contributed by atoms with van der Waals surface area (Å²) in [6, 6.07) is 3.61. The molecule has 0 saturated carbocycles. The Hall–Kier alpha value is -1.84. The Labute approximate surface area is 75.0 Å². The minimum atomic E-state index is -0.115. The number of nitrogens with one attached hydrogen (secondary N) is 2. The molecular weight excluding hydrogens is 166 g/mol. The molecule has 0 aliphatic heterocycles. The standard InChI is InChI=1S/C9H9N3O/c1-10-9(13)8-4-6-5-11-3-2-7(6)12-8/h2-5,12H,1H3,(H,10,13). The molecule has 0 aromatic carbocycles. The van der Waals surface area contributed by atoms with E-state index in [9.17, 15) is 4.79 Å². The first-order valence-corrected chi connectivity index (χ1v) is 3.96. The minimum absolute atomic E-state index is 0.115. The van der Waals surface area contributed by atoms with Crippen LogP contribution in [0.4, 0.5) is 0 Å². The smallest absolute Gasteiger partial charge is 0.267 e. The van der Waals surface area contributed by atoms with Crippen LogP contribution < -0.4 is 5.32 Å². The van der Waals surface area contributed by atoms with Gasteiger partial charge >= 0.3 is 0 Å². The van der Waals surface area contributed by atoms with E-state index in [0.29, 0.717) is 5.69 Å². The van der Waals surface area contributed by atoms with Crippen LogP contribution in [0.1, 0.15) is 10.5 Å². The van der Waals surface area contributed by atoms with Gasteiger partial charge in [-0.15, -0.1) is 0 Å². The Balaban J connectivity index is 2.56. The number of rotatable bonds is 1. The molecule has 4 heteroatoms. The number of pyridine rings is 1. The fraction of sp³-hybridized carbons (Fsp3) is 0.111. The van der Waals surface area contributed by atoms with Crippen LogP contribution in [0.5, 0.6) is 0 Å². The lowest BCUT2D eigenvalue weighted by Gasteiger charge is -1.92. The van der Waals surface area contributed by atoms with Crippen LogP contribution in [0.3, 0.4) is 0 Å². The predicted octanol–water partition coefficient (Wildman–Crippen LogP) is 0.922. The molecule has 2 heterocycles. The summed E-state index contributed by atoms with van der Waals surface area (Å²) in [4.78, 5) is 18.2. The van der Waals surface area contributed by atoms with E-state index in [1.807, 2.05) is 6.07 Å². The zero-order valence-corrected chi connectivity index (χ0v) is 7.16. The Morgan fingerprint density at radius 2 is 2.46 bits per heavy atom. The molecule has 0 unspecified atom stereocenters. The van der Waals surface area contributed by atoms with Crippen LogP contribution in [0, 0.1) is 0 Å². The molecule has 0 aliphatic rings. The van der Waals surface area contributed by atoms with Crippen molar-refractivity contribution in [1.82, 2.24) is 15.3 Å². The number of aromatic amines is 1. The van der Waals surface area contributed by atoms with Crippen molar-refractivity contribution in [2.45, 2.75) is 0 Å². The second-order valence-electron chi connectivity index (χ2n) is 2.73. The molecule has 0 bridgehead atoms. The third-order valence-electron chi connectivity index (χ3n) is 1.89. The normalized spacial score (nSPS) is 10.2. The molecule has 0 spiro atoms. The van der Waals surface area contributed by atoms with Crippen molar-refractivity contribution in [2.24, 2.45) is 0 Å². The van der Waals surface area contributed by atoms with Gasteiger partial charge in [0.05, 0.1) is 0 Å². The van der Waals surface area contributed by atoms with Crippen molar-refractivity contribution >= 4 is 16.8 Å². The average Bonchev–Trinajstić information content (AvgIpc) is 2.59. The number of H-pyrrole nitrogens is 1. The van der Waals surface area contributed by atoms with E-state index >= 15 is 0 Å². The highest BCUT2D eigenvalue weighted by Crippen LogP contribution is 2.12. The molecule has 66 valence electrons. The van der Waals surface area contributed by atoms with Crippen molar-refractivity contribution in [3.63, 3.8) is 0 Å². The van der Waals surface area contributed by atoms with Crippen molar-refractivity contribution in [2.75, 3.05) is 7.05 Å². The summed E-state index contributed by atoms with van der Waals surface area (Å²) in [5, 5.41) is 3.50. The third-order valence-corrected chi connectivity index (χ3v) is 1.89. The van der Waals surface area contributed by atoms with Crippen LogP contribution >= 0.6 is 0 Å². The fourth-order valence-electron chi connectivity index (χ4n) is 1.23. The molecule has 2 aromatic heterocycles. The summed E-state index contributed by atoms with van der Waals surface area (Å²) in [7, 11) is 1.60. The molecule has 0 fully saturated rings. The number of hydrogen-bond donors (Lipinski definition) is 2. The zero-order valence-electron chi connectivity index (χ0n) is 7.16. The first-order valence-electron chi connectivity index (χ1n) is 3.96. The average molecular weight is 175 g/mol. The number of carbonyl (C=O) groups is 1. The van der Waals surface area contributed by atoms with Crippen LogP contribution in [0.2, 0.25) is 0 Å². The van der Waals surface area contributed by atoms with E-state index in [1.165, 1.54) is 0 Å². The van der Waals surface area contributed by atoms with E-state index < -0.39 is 0 Å². The molecule has 13 heavy (non-hydrogen) atoms. The molecule has 0 atom stereocenters. The van der Waals surface area contributed by atoms with Crippen LogP contribution in [0.15, 0.2) is 24.5 Å². The maximum Gasteiger partial charge on any atom is 0.267 e. The van der Waals surface area contributed by atoms with Gasteiger partial charge < -0.3 is 10.3 Å². The van der Waals surface area contributed by atoms with Crippen LogP contribution in [0.25, 0.3) is 10.9 Å². The fourth-order valence-corrected chi connectivity index (χ4v) is 1.23. The molecule has 0 saturated heterocycles. The second-order valence-corrected chi connectivity index (χ2v) is 2.73. The third kappa shape index (κ3) is 1.26. The van der Waals surface area contributed by atoms with Gasteiger partial charge in [-0.25, -0.2) is 0 Å². The number of carbonyl (C=O) groups excluding carboxylic acids is 1. The van der Waals surface area contributed by atoms with Crippen molar-refractivity contribution in [3.05, 3.63) is 30.2 Å². The van der Waals surface area contributed by atoms with E-state index in [1.54, 1.807) is 25.5 Å². The van der Waals surface area contributed by atoms with Gasteiger partial charge in [-0.2, -0.15) is 0 Å². The first-order chi connectivity index (χ1) is 6.31. The summed E-state index contributed by atoms with van der Waals surface area (Å²) in [5.74, 6) is -0.115. The first kappa shape index (κ1) is 7.79. The molecule has 0 aliphatic carbocycles. The number of aromatic nitrogens is 2. The molecular formula is C9H9N3O. The van der Waals surface area contributed by atoms with E-state index in [2.05, 4.69) is 15.3 Å². The molecule has 4 nitrogen and oxygen atoms in total. The van der Waals surface area contributed by atoms with E-state index in [0.717, 1.165) is 10.9 Å². The second kappa shape index (κ2) is 2.90. The molecule has 2 rings (SSSR count). The van der Waals surface area contributed by atoms with Gasteiger partial charge in [-0.1, -0.05) is 0 Å². The Bertz CT molecular complexity index is 414. The summed E-state index contributed by atoms with van der Waals surface area (Å²) < 4.78 is 0. The topological polar surface area (TPSA) is 57.8 Å². The van der Waals surface area contributed by atoms with Gasteiger partial charge in [0.25, 0.3) is 5.91 Å². The highest BCUT2D eigenvalue weighted by atomic mass is 16.1. The summed E-state index contributed by atoms with van der Waals surface area (Å²) in [5.41, 5.74) is 1.49. The van der Waals surface area contributed by atoms with Crippen LogP contribution in [-0.4, -0.2) is 22.9 Å². The quantitative estimate of drug-likeness (QED) is 0.677. The van der Waals surface area contributed by atoms with Crippen molar-refractivity contribution < 1.29 is 4.79 Å². The number of nitrogens with zero attached hydrogens (tertiary/aromatic N) is 1. The molecule has 0 radical (unpaired) electrons. The minimum Gasteiger partial charge on any atom is -0.354 e. The van der Waals surface area contributed by atoms with Crippen LogP contribution in [-0.2, 0) is 0 Å². The number of fused-ring (bicyclic) bond motifs is 1. The van der Waals surface area contributed by atoms with E-state index in [-0.39, 0.29) is 5.91 Å². The lowest BCUT2D eigenvalue weighted by Crippen LogP contribution is -2.17. The summed E-state index contributed by atoms with van der Waals surface area (Å²) in [6.45, 7) is 0. The maximum absolute atomic E-state index is 11.2. The van der Waals surface area contributed by atoms with Gasteiger partial charge in [-0.3, -0.25) is 9.78 Å². The number of hydrogen-bond acceptors (Lipinski definition) is 2. The maximum atomic E-state index is 11.2. The zero-order chi connectivity index (χ0) is 9.26. The van der Waals surface area contributed by atoms with Gasteiger partial charge in [0.1, 0.15) is 5.69 Å². The van der Waals surface area contributed by atoms with Gasteiger partial charge in [0.15, 0.2) is 0 Å². The Morgan fingerprint density at radius 3 is 3.15 bits per heavy atom. The van der Waals surface area contributed by atoms with Gasteiger partial charge in [-0.05, 0) is 12.1 Å². The Kier molecular flexibility index (Phi) is 1.73. The highest BCUT2D eigenvalue weighted by molar-refractivity contribution is 5.97. The number of amides is 1. The van der Waals surface area contributed by atoms with Gasteiger partial charge in [0, 0.05) is 30.3 Å². The van der Waals surface area contributed by atoms with Crippen molar-refractivity contribution in [1.29, 1.82) is 0 Å². The lowest BCUT2D eigenvalue weighted by atomic mass is 10.3. The molecule has 1 amide bonds. The SMILES string of the molecule is CNC(=O)c1cc2cnccc2[nH]1. The highest BCUT2D eigenvalue weighted by Gasteiger charge is 2.06. The summed E-state index contributed by atoms with van der Waals surface area (Å²) >= 11 is 0. The van der Waals surface area contributed by atoms with Gasteiger partial charge in [0.2, 0.25) is 0 Å². The Morgan fingerprint density at radius 1 is 1.62 bits per heavy atom. The van der Waals surface area contributed by atoms with E-state index in [4.69, 9.17) is 0 Å². The monoisotopic (exact) mass is 175 g/mol. The molecule has 2 aromatic rings. The summed E-state index contributed by atoms with van der Waals surface area (Å²) in [6.07, 6.45) is 3.41. The lowest BCUT2D eigenvalue weighted by molar-refractivity contribution is 0.0959.